The Kier molecular flexibility index (Phi) is 5.95. The van der Waals surface area contributed by atoms with Gasteiger partial charge in [0, 0.05) is 19.6 Å². The average Bonchev–Trinajstić information content (AvgIpc) is 3.06. The number of rotatable bonds is 4. The van der Waals surface area contributed by atoms with E-state index in [0.29, 0.717) is 5.92 Å². The Morgan fingerprint density at radius 1 is 1.12 bits per heavy atom. The molecule has 3 aliphatic rings. The highest BCUT2D eigenvalue weighted by Gasteiger charge is 2.29. The van der Waals surface area contributed by atoms with Gasteiger partial charge >= 0.3 is 0 Å². The smallest absolute Gasteiger partial charge is 0.0594 e. The number of anilines is 1. The summed E-state index contributed by atoms with van der Waals surface area (Å²) in [5.41, 5.74) is 7.71. The van der Waals surface area contributed by atoms with Gasteiger partial charge in [-0.05, 0) is 49.1 Å². The van der Waals surface area contributed by atoms with E-state index in [2.05, 4.69) is 57.8 Å². The minimum atomic E-state index is 0. The maximum atomic E-state index is 5.45. The molecule has 5 heteroatoms. The van der Waals surface area contributed by atoms with Gasteiger partial charge in [0.15, 0.2) is 0 Å². The van der Waals surface area contributed by atoms with Crippen molar-refractivity contribution >= 4 is 18.1 Å². The van der Waals surface area contributed by atoms with Crippen LogP contribution >= 0.6 is 12.4 Å². The molecule has 4 rings (SSSR count). The fraction of sp³-hybridized carbons (Fsp3) is 0.474. The molecule has 1 aromatic carbocycles. The van der Waals surface area contributed by atoms with Crippen LogP contribution in [0.4, 0.5) is 5.69 Å². The van der Waals surface area contributed by atoms with E-state index in [9.17, 15) is 0 Å². The number of morpholine rings is 1. The summed E-state index contributed by atoms with van der Waals surface area (Å²) in [7, 11) is 0. The Balaban J connectivity index is 0.00000169. The predicted molar refractivity (Wildman–Crippen MR) is 100 cm³/mol. The van der Waals surface area contributed by atoms with E-state index in [1.54, 1.807) is 5.57 Å². The molecule has 0 bridgehead atoms. The van der Waals surface area contributed by atoms with Crippen LogP contribution in [0.5, 0.6) is 0 Å². The van der Waals surface area contributed by atoms with Crippen LogP contribution in [-0.4, -0.2) is 44.3 Å². The third kappa shape index (κ3) is 3.67. The van der Waals surface area contributed by atoms with Crippen molar-refractivity contribution in [3.63, 3.8) is 0 Å². The van der Waals surface area contributed by atoms with Crippen LogP contribution < -0.4 is 10.4 Å². The number of hydrogen-bond donors (Lipinski definition) is 1. The number of nitrogens with zero attached hydrogens (tertiary/aromatic N) is 2. The van der Waals surface area contributed by atoms with Crippen LogP contribution in [0, 0.1) is 5.92 Å². The third-order valence-corrected chi connectivity index (χ3v) is 5.10. The van der Waals surface area contributed by atoms with Gasteiger partial charge in [0.1, 0.15) is 0 Å². The summed E-state index contributed by atoms with van der Waals surface area (Å²) in [4.78, 5) is 2.54. The second kappa shape index (κ2) is 8.17. The van der Waals surface area contributed by atoms with Crippen LogP contribution in [0.3, 0.4) is 0 Å². The molecule has 130 valence electrons. The summed E-state index contributed by atoms with van der Waals surface area (Å²) in [5, 5.41) is 2.24. The fourth-order valence-corrected chi connectivity index (χ4v) is 3.77. The van der Waals surface area contributed by atoms with E-state index in [-0.39, 0.29) is 12.4 Å². The number of hydrazine groups is 1. The quantitative estimate of drug-likeness (QED) is 0.906. The monoisotopic (exact) mass is 347 g/mol. The molecule has 1 aromatic rings. The third-order valence-electron chi connectivity index (χ3n) is 5.10. The second-order valence-electron chi connectivity index (χ2n) is 6.49. The molecule has 1 saturated heterocycles. The number of para-hydroxylation sites is 1. The van der Waals surface area contributed by atoms with Gasteiger partial charge in [-0.25, -0.2) is 5.43 Å². The predicted octanol–water partition coefficient (Wildman–Crippen LogP) is 2.99. The van der Waals surface area contributed by atoms with Crippen LogP contribution in [-0.2, 0) is 4.74 Å². The summed E-state index contributed by atoms with van der Waals surface area (Å²) >= 11 is 0. The average molecular weight is 348 g/mol. The molecule has 24 heavy (non-hydrogen) atoms. The molecule has 4 nitrogen and oxygen atoms in total. The minimum absolute atomic E-state index is 0. The Hall–Kier alpha value is -1.33. The molecule has 1 fully saturated rings. The highest BCUT2D eigenvalue weighted by molar-refractivity contribution is 5.85. The lowest BCUT2D eigenvalue weighted by Crippen LogP contribution is -2.37. The van der Waals surface area contributed by atoms with Gasteiger partial charge in [-0.1, -0.05) is 24.3 Å². The van der Waals surface area contributed by atoms with E-state index < -0.39 is 0 Å². The number of halogens is 1. The van der Waals surface area contributed by atoms with Crippen molar-refractivity contribution < 1.29 is 4.74 Å². The largest absolute Gasteiger partial charge is 0.379 e. The van der Waals surface area contributed by atoms with E-state index >= 15 is 0 Å². The first kappa shape index (κ1) is 17.5. The molecule has 0 spiro atoms. The van der Waals surface area contributed by atoms with Gasteiger partial charge in [-0.2, -0.15) is 0 Å². The van der Waals surface area contributed by atoms with Crippen LogP contribution in [0.15, 0.2) is 53.8 Å². The number of ether oxygens (including phenoxy) is 1. The van der Waals surface area contributed by atoms with E-state index in [1.807, 2.05) is 0 Å². The molecule has 1 atom stereocenters. The zero-order valence-corrected chi connectivity index (χ0v) is 14.8. The maximum absolute atomic E-state index is 5.45. The first-order valence-corrected chi connectivity index (χ1v) is 8.70. The summed E-state index contributed by atoms with van der Waals surface area (Å²) < 4.78 is 5.45. The molecule has 2 aliphatic heterocycles. The van der Waals surface area contributed by atoms with Crippen molar-refractivity contribution in [3.8, 4) is 0 Å². The van der Waals surface area contributed by atoms with Crippen molar-refractivity contribution in [2.75, 3.05) is 44.4 Å². The lowest BCUT2D eigenvalue weighted by atomic mass is 9.87. The molecule has 0 radical (unpaired) electrons. The molecule has 2 heterocycles. The zero-order valence-electron chi connectivity index (χ0n) is 14.0. The van der Waals surface area contributed by atoms with Gasteiger partial charge in [0.2, 0.25) is 0 Å². The SMILES string of the molecule is C1=CC2=C(CNN2c2ccccc2)C(CCN2CCOCC2)C1.Cl. The molecule has 0 saturated carbocycles. The van der Waals surface area contributed by atoms with Crippen molar-refractivity contribution in [2.45, 2.75) is 12.8 Å². The number of nitrogens with one attached hydrogen (secondary N) is 1. The number of benzene rings is 1. The second-order valence-corrected chi connectivity index (χ2v) is 6.49. The molecular formula is C19H26ClN3O. The Labute approximate surface area is 150 Å². The normalized spacial score (nSPS) is 24.0. The van der Waals surface area contributed by atoms with E-state index in [1.165, 1.54) is 30.8 Å². The van der Waals surface area contributed by atoms with Gasteiger partial charge in [-0.3, -0.25) is 9.91 Å². The van der Waals surface area contributed by atoms with E-state index in [0.717, 1.165) is 32.8 Å². The lowest BCUT2D eigenvalue weighted by molar-refractivity contribution is 0.0360. The Morgan fingerprint density at radius 3 is 2.71 bits per heavy atom. The Morgan fingerprint density at radius 2 is 1.92 bits per heavy atom. The van der Waals surface area contributed by atoms with Crippen LogP contribution in [0.25, 0.3) is 0 Å². The summed E-state index contributed by atoms with van der Waals surface area (Å²) in [6, 6.07) is 10.6. The molecule has 1 aliphatic carbocycles. The fourth-order valence-electron chi connectivity index (χ4n) is 3.77. The lowest BCUT2D eigenvalue weighted by Gasteiger charge is -2.29. The van der Waals surface area contributed by atoms with Gasteiger partial charge in [-0.15, -0.1) is 12.4 Å². The maximum Gasteiger partial charge on any atom is 0.0594 e. The minimum Gasteiger partial charge on any atom is -0.379 e. The zero-order chi connectivity index (χ0) is 15.5. The number of allylic oxidation sites excluding steroid dienone is 2. The standard InChI is InChI=1S/C19H25N3O.ClH/c1-2-6-17(7-3-1)22-19-8-4-5-16(18(19)15-20-22)9-10-21-11-13-23-14-12-21;/h1-4,6-8,16,20H,5,9-15H2;1H. The van der Waals surface area contributed by atoms with Crippen molar-refractivity contribution in [2.24, 2.45) is 5.92 Å². The van der Waals surface area contributed by atoms with Gasteiger partial charge in [0.05, 0.1) is 24.6 Å². The molecule has 0 amide bonds. The summed E-state index contributed by atoms with van der Waals surface area (Å²) in [6.45, 7) is 6.11. The highest BCUT2D eigenvalue weighted by atomic mass is 35.5. The first-order chi connectivity index (χ1) is 11.4. The molecule has 1 N–H and O–H groups in total. The first-order valence-electron chi connectivity index (χ1n) is 8.70. The molecule has 1 unspecified atom stereocenters. The summed E-state index contributed by atoms with van der Waals surface area (Å²) in [5.74, 6) is 0.666. The van der Waals surface area contributed by atoms with Gasteiger partial charge < -0.3 is 4.74 Å². The van der Waals surface area contributed by atoms with Crippen molar-refractivity contribution in [3.05, 3.63) is 53.8 Å². The van der Waals surface area contributed by atoms with Crippen molar-refractivity contribution in [1.82, 2.24) is 10.3 Å². The highest BCUT2D eigenvalue weighted by Crippen LogP contribution is 2.34. The van der Waals surface area contributed by atoms with Crippen LogP contribution in [0.1, 0.15) is 12.8 Å². The Bertz CT molecular complexity index is 596. The van der Waals surface area contributed by atoms with Crippen LogP contribution in [0.2, 0.25) is 0 Å². The molecule has 0 aromatic heterocycles. The number of hydrogen-bond acceptors (Lipinski definition) is 4. The summed E-state index contributed by atoms with van der Waals surface area (Å²) in [6.07, 6.45) is 7.04. The van der Waals surface area contributed by atoms with E-state index in [4.69, 9.17) is 4.74 Å². The molecular weight excluding hydrogens is 322 g/mol. The topological polar surface area (TPSA) is 27.7 Å². The van der Waals surface area contributed by atoms with Crippen molar-refractivity contribution in [1.29, 1.82) is 0 Å². The van der Waals surface area contributed by atoms with Gasteiger partial charge in [0.25, 0.3) is 0 Å².